The maximum atomic E-state index is 14.0. The van der Waals surface area contributed by atoms with Crippen LogP contribution in [0.1, 0.15) is 21.5 Å². The third-order valence-corrected chi connectivity index (χ3v) is 6.78. The summed E-state index contributed by atoms with van der Waals surface area (Å²) < 4.78 is 0. The Morgan fingerprint density at radius 1 is 0.714 bits per heavy atom. The zero-order valence-corrected chi connectivity index (χ0v) is 19.1. The van der Waals surface area contributed by atoms with Crippen molar-refractivity contribution in [3.8, 4) is 0 Å². The molecule has 2 amide bonds. The molecule has 1 heterocycles. The number of fused-ring (bicyclic) bond motifs is 6. The Morgan fingerprint density at radius 2 is 1.26 bits per heavy atom. The van der Waals surface area contributed by atoms with Crippen molar-refractivity contribution in [2.24, 2.45) is 0 Å². The number of carbonyl (C=O) groups is 2. The molecule has 5 aromatic carbocycles. The Hall–Kier alpha value is -4.44. The molecule has 0 saturated heterocycles. The van der Waals surface area contributed by atoms with Crippen LogP contribution >= 0.6 is 0 Å². The number of hydrogen-bond acceptors (Lipinski definition) is 2. The van der Waals surface area contributed by atoms with Gasteiger partial charge in [-0.05, 0) is 39.4 Å². The Morgan fingerprint density at radius 3 is 1.94 bits per heavy atom. The minimum Gasteiger partial charge on any atom is -0.340 e. The van der Waals surface area contributed by atoms with E-state index >= 15 is 0 Å². The lowest BCUT2D eigenvalue weighted by atomic mass is 9.87. The van der Waals surface area contributed by atoms with Crippen LogP contribution in [-0.2, 0) is 17.8 Å². The molecule has 1 aliphatic heterocycles. The van der Waals surface area contributed by atoms with E-state index < -0.39 is 6.04 Å². The number of hydrogen-bond donors (Lipinski definition) is 1. The minimum absolute atomic E-state index is 0.0916. The van der Waals surface area contributed by atoms with Crippen molar-refractivity contribution in [3.63, 3.8) is 0 Å². The number of benzene rings is 5. The van der Waals surface area contributed by atoms with E-state index in [9.17, 15) is 9.59 Å². The van der Waals surface area contributed by atoms with E-state index in [4.69, 9.17) is 0 Å². The number of anilines is 1. The lowest BCUT2D eigenvalue weighted by molar-refractivity contribution is -0.120. The Kier molecular flexibility index (Phi) is 5.27. The van der Waals surface area contributed by atoms with Crippen LogP contribution in [-0.4, -0.2) is 17.9 Å². The predicted molar refractivity (Wildman–Crippen MR) is 140 cm³/mol. The molecular weight excluding hydrogens is 432 g/mol. The summed E-state index contributed by atoms with van der Waals surface area (Å²) in [4.78, 5) is 28.8. The summed E-state index contributed by atoms with van der Waals surface area (Å²) in [5, 5.41) is 7.48. The molecule has 5 aromatic rings. The normalized spacial score (nSPS) is 15.3. The monoisotopic (exact) mass is 456 g/mol. The van der Waals surface area contributed by atoms with Crippen LogP contribution in [0.4, 0.5) is 5.69 Å². The first-order valence-corrected chi connectivity index (χ1v) is 11.8. The highest BCUT2D eigenvalue weighted by Crippen LogP contribution is 2.42. The summed E-state index contributed by atoms with van der Waals surface area (Å²) in [6, 6.07) is 35.0. The van der Waals surface area contributed by atoms with E-state index in [2.05, 4.69) is 29.6 Å². The molecule has 170 valence electrons. The number of carbonyl (C=O) groups excluding carboxylic acids is 2. The van der Waals surface area contributed by atoms with Gasteiger partial charge in [-0.1, -0.05) is 97.1 Å². The maximum Gasteiger partial charge on any atom is 0.251 e. The molecule has 1 aliphatic rings. The second-order valence-electron chi connectivity index (χ2n) is 8.92. The summed E-state index contributed by atoms with van der Waals surface area (Å²) in [6.45, 7) is 0.437. The third kappa shape index (κ3) is 3.73. The number of nitrogens with zero attached hydrogens (tertiary/aromatic N) is 1. The molecule has 0 fully saturated rings. The van der Waals surface area contributed by atoms with Gasteiger partial charge in [0.2, 0.25) is 5.91 Å². The van der Waals surface area contributed by atoms with Crippen LogP contribution in [0.3, 0.4) is 0 Å². The standard InChI is InChI=1S/C31H24N2O2/c34-30(22-13-5-2-6-14-22)32-28-19-27-25-17-8-7-15-23(25)24-16-9-10-18-26(24)29(27)33(31(28)35)20-21-11-3-1-4-12-21/h1-18,28H,19-20H2,(H,32,34). The molecule has 0 spiro atoms. The summed E-state index contributed by atoms with van der Waals surface area (Å²) in [5.41, 5.74) is 3.62. The van der Waals surface area contributed by atoms with Gasteiger partial charge in [-0.15, -0.1) is 0 Å². The van der Waals surface area contributed by atoms with Crippen molar-refractivity contribution in [2.75, 3.05) is 4.90 Å². The molecule has 35 heavy (non-hydrogen) atoms. The van der Waals surface area contributed by atoms with Crippen LogP contribution in [0.25, 0.3) is 21.5 Å². The highest BCUT2D eigenvalue weighted by molar-refractivity contribution is 6.20. The molecule has 0 aromatic heterocycles. The summed E-state index contributed by atoms with van der Waals surface area (Å²) in [5.74, 6) is -0.330. The molecule has 1 N–H and O–H groups in total. The van der Waals surface area contributed by atoms with Gasteiger partial charge >= 0.3 is 0 Å². The van der Waals surface area contributed by atoms with Gasteiger partial charge in [-0.3, -0.25) is 9.59 Å². The Balaban J connectivity index is 1.53. The summed E-state index contributed by atoms with van der Waals surface area (Å²) >= 11 is 0. The summed E-state index contributed by atoms with van der Waals surface area (Å²) in [7, 11) is 0. The predicted octanol–water partition coefficient (Wildman–Crippen LogP) is 5.88. The largest absolute Gasteiger partial charge is 0.340 e. The zero-order chi connectivity index (χ0) is 23.8. The maximum absolute atomic E-state index is 14.0. The van der Waals surface area contributed by atoms with E-state index in [1.54, 1.807) is 12.1 Å². The SMILES string of the molecule is O=C(NC1Cc2c(c3ccccc3c3ccccc23)N(Cc2ccccc2)C1=O)c1ccccc1. The van der Waals surface area contributed by atoms with Crippen molar-refractivity contribution >= 4 is 39.0 Å². The Bertz CT molecular complexity index is 1560. The van der Waals surface area contributed by atoms with Crippen molar-refractivity contribution < 1.29 is 9.59 Å². The second-order valence-corrected chi connectivity index (χ2v) is 8.92. The highest BCUT2D eigenvalue weighted by atomic mass is 16.2. The van der Waals surface area contributed by atoms with Crippen molar-refractivity contribution in [1.82, 2.24) is 5.32 Å². The quantitative estimate of drug-likeness (QED) is 0.343. The van der Waals surface area contributed by atoms with Crippen LogP contribution in [0.15, 0.2) is 109 Å². The molecule has 6 rings (SSSR count). The smallest absolute Gasteiger partial charge is 0.251 e. The first kappa shape index (κ1) is 21.1. The first-order valence-electron chi connectivity index (χ1n) is 11.8. The Labute approximate surface area is 203 Å². The van der Waals surface area contributed by atoms with Crippen molar-refractivity contribution in [3.05, 3.63) is 126 Å². The van der Waals surface area contributed by atoms with Crippen LogP contribution in [0.5, 0.6) is 0 Å². The molecule has 0 radical (unpaired) electrons. The lowest BCUT2D eigenvalue weighted by Gasteiger charge is -2.36. The van der Waals surface area contributed by atoms with E-state index in [-0.39, 0.29) is 11.8 Å². The fourth-order valence-electron chi connectivity index (χ4n) is 5.17. The lowest BCUT2D eigenvalue weighted by Crippen LogP contribution is -2.52. The first-order chi connectivity index (χ1) is 17.2. The average Bonchev–Trinajstić information content (AvgIpc) is 2.92. The fraction of sp³-hybridized carbons (Fsp3) is 0.0968. The van der Waals surface area contributed by atoms with Gasteiger partial charge in [0.25, 0.3) is 5.91 Å². The van der Waals surface area contributed by atoms with Gasteiger partial charge in [0.05, 0.1) is 12.2 Å². The van der Waals surface area contributed by atoms with E-state index in [1.165, 1.54) is 0 Å². The van der Waals surface area contributed by atoms with Crippen LogP contribution in [0.2, 0.25) is 0 Å². The molecule has 0 saturated carbocycles. The molecule has 0 aliphatic carbocycles. The molecule has 1 atom stereocenters. The van der Waals surface area contributed by atoms with Gasteiger partial charge in [0.15, 0.2) is 0 Å². The highest BCUT2D eigenvalue weighted by Gasteiger charge is 2.36. The average molecular weight is 457 g/mol. The molecule has 4 nitrogen and oxygen atoms in total. The van der Waals surface area contributed by atoms with Crippen LogP contribution in [0, 0.1) is 0 Å². The summed E-state index contributed by atoms with van der Waals surface area (Å²) in [6.07, 6.45) is 0.448. The van der Waals surface area contributed by atoms with E-state index in [0.29, 0.717) is 18.5 Å². The minimum atomic E-state index is -0.650. The topological polar surface area (TPSA) is 49.4 Å². The number of amides is 2. The second kappa shape index (κ2) is 8.73. The van der Waals surface area contributed by atoms with Crippen molar-refractivity contribution in [2.45, 2.75) is 19.0 Å². The third-order valence-electron chi connectivity index (χ3n) is 6.78. The number of nitrogens with one attached hydrogen (secondary N) is 1. The molecule has 0 bridgehead atoms. The van der Waals surface area contributed by atoms with E-state index in [1.807, 2.05) is 77.7 Å². The van der Waals surface area contributed by atoms with Gasteiger partial charge in [0.1, 0.15) is 6.04 Å². The molecule has 4 heteroatoms. The van der Waals surface area contributed by atoms with E-state index in [0.717, 1.165) is 38.4 Å². The van der Waals surface area contributed by atoms with Gasteiger partial charge in [-0.2, -0.15) is 0 Å². The zero-order valence-electron chi connectivity index (χ0n) is 19.1. The molecular formula is C31H24N2O2. The number of rotatable bonds is 4. The molecule has 1 unspecified atom stereocenters. The van der Waals surface area contributed by atoms with Crippen LogP contribution < -0.4 is 10.2 Å². The van der Waals surface area contributed by atoms with Gasteiger partial charge < -0.3 is 10.2 Å². The van der Waals surface area contributed by atoms with Gasteiger partial charge in [0, 0.05) is 17.4 Å². The van der Waals surface area contributed by atoms with Gasteiger partial charge in [-0.25, -0.2) is 0 Å². The van der Waals surface area contributed by atoms with Crippen molar-refractivity contribution in [1.29, 1.82) is 0 Å². The fourth-order valence-corrected chi connectivity index (χ4v) is 5.17.